The van der Waals surface area contributed by atoms with Crippen LogP contribution in [0.2, 0.25) is 0 Å². The molecule has 164 valence electrons. The van der Waals surface area contributed by atoms with Gasteiger partial charge in [0.05, 0.1) is 45.2 Å². The van der Waals surface area contributed by atoms with Crippen LogP contribution < -0.4 is 19.0 Å². The van der Waals surface area contributed by atoms with Gasteiger partial charge in [-0.25, -0.2) is 9.67 Å². The predicted molar refractivity (Wildman–Crippen MR) is 123 cm³/mol. The second-order valence-corrected chi connectivity index (χ2v) is 7.45. The summed E-state index contributed by atoms with van der Waals surface area (Å²) in [7, 11) is 4.75. The molecule has 0 radical (unpaired) electrons. The van der Waals surface area contributed by atoms with E-state index in [0.717, 1.165) is 16.9 Å². The second-order valence-electron chi connectivity index (χ2n) is 6.62. The molecule has 4 rings (SSSR count). The SMILES string of the molecule is COc1cc(-c2csc(=Nc3cccnc3)n2N=C(C)c2ccco2)cc(OC)c1OC. The Labute approximate surface area is 189 Å². The molecule has 0 N–H and O–H groups in total. The standard InChI is InChI=1S/C23H22N4O4S/c1-15(19-8-6-10-31-19)26-27-18(14-32-23(27)25-17-7-5-9-24-13-17)16-11-20(28-2)22(30-4)21(12-16)29-3/h5-14H,1-4H3. The van der Waals surface area contributed by atoms with Crippen LogP contribution in [0.25, 0.3) is 11.3 Å². The van der Waals surface area contributed by atoms with Crippen molar-refractivity contribution in [3.8, 4) is 28.5 Å². The van der Waals surface area contributed by atoms with E-state index in [4.69, 9.17) is 28.7 Å². The first-order valence-electron chi connectivity index (χ1n) is 9.69. The number of rotatable bonds is 7. The van der Waals surface area contributed by atoms with E-state index in [9.17, 15) is 0 Å². The molecule has 0 unspecified atom stereocenters. The van der Waals surface area contributed by atoms with Gasteiger partial charge in [0.1, 0.15) is 11.5 Å². The zero-order chi connectivity index (χ0) is 22.5. The van der Waals surface area contributed by atoms with Crippen LogP contribution >= 0.6 is 11.3 Å². The zero-order valence-corrected chi connectivity index (χ0v) is 18.9. The van der Waals surface area contributed by atoms with Gasteiger partial charge in [0.2, 0.25) is 10.6 Å². The first-order valence-corrected chi connectivity index (χ1v) is 10.6. The molecule has 0 aliphatic heterocycles. The van der Waals surface area contributed by atoms with E-state index in [-0.39, 0.29) is 0 Å². The molecular formula is C23H22N4O4S. The van der Waals surface area contributed by atoms with Crippen molar-refractivity contribution >= 4 is 22.7 Å². The van der Waals surface area contributed by atoms with Crippen LogP contribution in [-0.4, -0.2) is 36.7 Å². The molecule has 4 aromatic rings. The highest BCUT2D eigenvalue weighted by Crippen LogP contribution is 2.41. The number of pyridine rings is 1. The Kier molecular flexibility index (Phi) is 6.37. The van der Waals surface area contributed by atoms with Crippen molar-refractivity contribution in [3.63, 3.8) is 0 Å². The minimum absolute atomic E-state index is 0.524. The van der Waals surface area contributed by atoms with Crippen molar-refractivity contribution in [2.45, 2.75) is 6.92 Å². The molecule has 0 saturated heterocycles. The van der Waals surface area contributed by atoms with E-state index >= 15 is 0 Å². The molecule has 9 heteroatoms. The largest absolute Gasteiger partial charge is 0.493 e. The number of hydrogen-bond donors (Lipinski definition) is 0. The summed E-state index contributed by atoms with van der Waals surface area (Å²) >= 11 is 1.46. The van der Waals surface area contributed by atoms with Crippen LogP contribution in [0.5, 0.6) is 17.2 Å². The summed E-state index contributed by atoms with van der Waals surface area (Å²) in [5.74, 6) is 2.30. The summed E-state index contributed by atoms with van der Waals surface area (Å²) in [5.41, 5.74) is 3.07. The Hall–Kier alpha value is -3.85. The average Bonchev–Trinajstić information content (AvgIpc) is 3.50. The monoisotopic (exact) mass is 450 g/mol. The van der Waals surface area contributed by atoms with Crippen molar-refractivity contribution in [1.29, 1.82) is 0 Å². The maximum absolute atomic E-state index is 5.53. The van der Waals surface area contributed by atoms with Gasteiger partial charge in [-0.2, -0.15) is 5.10 Å². The number of aromatic nitrogens is 2. The summed E-state index contributed by atoms with van der Waals surface area (Å²) in [4.78, 5) is 9.55. The smallest absolute Gasteiger partial charge is 0.211 e. The molecule has 8 nitrogen and oxygen atoms in total. The van der Waals surface area contributed by atoms with Gasteiger partial charge in [-0.15, -0.1) is 11.3 Å². The van der Waals surface area contributed by atoms with Crippen LogP contribution in [-0.2, 0) is 0 Å². The molecule has 3 heterocycles. The van der Waals surface area contributed by atoms with Crippen molar-refractivity contribution in [2.24, 2.45) is 10.1 Å². The van der Waals surface area contributed by atoms with Gasteiger partial charge >= 0.3 is 0 Å². The molecule has 0 fully saturated rings. The molecule has 0 aliphatic rings. The Morgan fingerprint density at radius 3 is 2.44 bits per heavy atom. The van der Waals surface area contributed by atoms with E-state index in [1.54, 1.807) is 44.7 Å². The third-order valence-electron chi connectivity index (χ3n) is 4.64. The number of furan rings is 1. The summed E-state index contributed by atoms with van der Waals surface area (Å²) < 4.78 is 23.8. The molecule has 3 aromatic heterocycles. The van der Waals surface area contributed by atoms with Gasteiger partial charge in [-0.05, 0) is 43.3 Å². The molecular weight excluding hydrogens is 428 g/mol. The van der Waals surface area contributed by atoms with Crippen molar-refractivity contribution < 1.29 is 18.6 Å². The second kappa shape index (κ2) is 9.52. The van der Waals surface area contributed by atoms with E-state index in [0.29, 0.717) is 33.5 Å². The maximum Gasteiger partial charge on any atom is 0.211 e. The third kappa shape index (κ3) is 4.28. The molecule has 0 aliphatic carbocycles. The average molecular weight is 451 g/mol. The van der Waals surface area contributed by atoms with E-state index in [1.165, 1.54) is 11.3 Å². The number of thiazole rings is 1. The molecule has 1 aromatic carbocycles. The lowest BCUT2D eigenvalue weighted by Gasteiger charge is -2.14. The van der Waals surface area contributed by atoms with Crippen LogP contribution in [0.1, 0.15) is 12.7 Å². The maximum atomic E-state index is 5.53. The molecule has 0 spiro atoms. The van der Waals surface area contributed by atoms with Gasteiger partial charge in [0.15, 0.2) is 11.5 Å². The number of methoxy groups -OCH3 is 3. The highest BCUT2D eigenvalue weighted by molar-refractivity contribution is 7.07. The summed E-state index contributed by atoms with van der Waals surface area (Å²) in [6.45, 7) is 1.89. The molecule has 0 bridgehead atoms. The minimum Gasteiger partial charge on any atom is -0.493 e. The third-order valence-corrected chi connectivity index (χ3v) is 5.46. The van der Waals surface area contributed by atoms with E-state index in [2.05, 4.69) is 4.98 Å². The molecule has 0 amide bonds. The normalized spacial score (nSPS) is 12.1. The van der Waals surface area contributed by atoms with Crippen LogP contribution in [0.15, 0.2) is 74.9 Å². The van der Waals surface area contributed by atoms with Crippen LogP contribution in [0.4, 0.5) is 5.69 Å². The highest BCUT2D eigenvalue weighted by Gasteiger charge is 2.17. The highest BCUT2D eigenvalue weighted by atomic mass is 32.1. The quantitative estimate of drug-likeness (QED) is 0.380. The predicted octanol–water partition coefficient (Wildman–Crippen LogP) is 4.74. The first-order chi connectivity index (χ1) is 15.6. The van der Waals surface area contributed by atoms with Crippen LogP contribution in [0, 0.1) is 0 Å². The fraction of sp³-hybridized carbons (Fsp3) is 0.174. The van der Waals surface area contributed by atoms with Crippen molar-refractivity contribution in [1.82, 2.24) is 9.66 Å². The summed E-state index contributed by atoms with van der Waals surface area (Å²) in [5, 5.41) is 6.79. The van der Waals surface area contributed by atoms with E-state index in [1.807, 2.05) is 48.7 Å². The van der Waals surface area contributed by atoms with Gasteiger partial charge < -0.3 is 18.6 Å². The van der Waals surface area contributed by atoms with Gasteiger partial charge in [0, 0.05) is 17.1 Å². The first kappa shape index (κ1) is 21.4. The van der Waals surface area contributed by atoms with Gasteiger partial charge in [-0.3, -0.25) is 4.98 Å². The van der Waals surface area contributed by atoms with E-state index < -0.39 is 0 Å². The Morgan fingerprint density at radius 1 is 1.06 bits per heavy atom. The minimum atomic E-state index is 0.524. The zero-order valence-electron chi connectivity index (χ0n) is 18.1. The fourth-order valence-electron chi connectivity index (χ4n) is 3.12. The topological polar surface area (TPSA) is 83.4 Å². The number of hydrogen-bond acceptors (Lipinski definition) is 8. The number of ether oxygens (including phenoxy) is 3. The lowest BCUT2D eigenvalue weighted by Crippen LogP contribution is -2.13. The lowest BCUT2D eigenvalue weighted by atomic mass is 10.1. The lowest BCUT2D eigenvalue weighted by molar-refractivity contribution is 0.324. The Morgan fingerprint density at radius 2 is 1.84 bits per heavy atom. The summed E-state index contributed by atoms with van der Waals surface area (Å²) in [6.07, 6.45) is 5.03. The number of benzene rings is 1. The summed E-state index contributed by atoms with van der Waals surface area (Å²) in [6, 6.07) is 11.2. The molecule has 32 heavy (non-hydrogen) atoms. The van der Waals surface area contributed by atoms with Gasteiger partial charge in [-0.1, -0.05) is 0 Å². The Bertz CT molecular complexity index is 1270. The van der Waals surface area contributed by atoms with Crippen molar-refractivity contribution in [2.75, 3.05) is 21.3 Å². The number of nitrogens with zero attached hydrogens (tertiary/aromatic N) is 4. The Balaban J connectivity index is 1.94. The van der Waals surface area contributed by atoms with Crippen molar-refractivity contribution in [3.05, 3.63) is 71.0 Å². The van der Waals surface area contributed by atoms with Crippen LogP contribution in [0.3, 0.4) is 0 Å². The molecule has 0 saturated carbocycles. The molecule has 0 atom stereocenters. The van der Waals surface area contributed by atoms with Gasteiger partial charge in [0.25, 0.3) is 0 Å². The fourth-order valence-corrected chi connectivity index (χ4v) is 3.97.